The van der Waals surface area contributed by atoms with Crippen LogP contribution in [0.1, 0.15) is 12.8 Å². The summed E-state index contributed by atoms with van der Waals surface area (Å²) in [4.78, 5) is 28.6. The van der Waals surface area contributed by atoms with Crippen LogP contribution in [0.3, 0.4) is 0 Å². The van der Waals surface area contributed by atoms with Crippen molar-refractivity contribution < 1.29 is 18.0 Å². The molecule has 4 rings (SSSR count). The van der Waals surface area contributed by atoms with Gasteiger partial charge in [0.2, 0.25) is 21.8 Å². The van der Waals surface area contributed by atoms with Crippen LogP contribution in [0.25, 0.3) is 0 Å². The number of anilines is 2. The molecule has 2 amide bonds. The molecule has 2 heterocycles. The van der Waals surface area contributed by atoms with Crippen LogP contribution in [0.15, 0.2) is 60.7 Å². The molecular weight excluding hydrogens is 440 g/mol. The first-order valence-corrected chi connectivity index (χ1v) is 13.0. The number of nitrogens with one attached hydrogen (secondary N) is 1. The molecule has 2 aliphatic heterocycles. The molecule has 0 bridgehead atoms. The molecule has 9 heteroatoms. The number of carbonyl (C=O) groups excluding carboxylic acids is 2. The van der Waals surface area contributed by atoms with Crippen molar-refractivity contribution in [3.63, 3.8) is 0 Å². The van der Waals surface area contributed by atoms with E-state index in [4.69, 9.17) is 0 Å². The van der Waals surface area contributed by atoms with Crippen molar-refractivity contribution in [2.24, 2.45) is 5.92 Å². The topological polar surface area (TPSA) is 90.0 Å². The number of para-hydroxylation sites is 2. The van der Waals surface area contributed by atoms with E-state index >= 15 is 0 Å². The molecule has 1 N–H and O–H groups in total. The summed E-state index contributed by atoms with van der Waals surface area (Å²) in [5.74, 6) is -0.687. The van der Waals surface area contributed by atoms with E-state index in [1.54, 1.807) is 9.21 Å². The van der Waals surface area contributed by atoms with Gasteiger partial charge in [-0.05, 0) is 30.7 Å². The second-order valence-corrected chi connectivity index (χ2v) is 10.5. The number of benzene rings is 2. The highest BCUT2D eigenvalue weighted by Gasteiger charge is 2.35. The van der Waals surface area contributed by atoms with Crippen molar-refractivity contribution in [1.82, 2.24) is 9.62 Å². The zero-order valence-electron chi connectivity index (χ0n) is 18.6. The molecule has 2 aromatic rings. The molecule has 176 valence electrons. The quantitative estimate of drug-likeness (QED) is 0.593. The summed E-state index contributed by atoms with van der Waals surface area (Å²) in [5, 5.41) is 2.81. The standard InChI is InChI=1S/C24H30N4O4S/c29-23-18-20(19-28(23)22-10-5-2-6-11-22)24(30)25-12-7-17-33(31,32)27-15-13-26(14-16-27)21-8-3-1-4-9-21/h1-6,8-11,20H,7,12-19H2,(H,25,30). The maximum atomic E-state index is 12.7. The molecule has 0 radical (unpaired) electrons. The van der Waals surface area contributed by atoms with Gasteiger partial charge in [0.15, 0.2) is 0 Å². The first kappa shape index (κ1) is 23.3. The fourth-order valence-electron chi connectivity index (χ4n) is 4.34. The van der Waals surface area contributed by atoms with Crippen molar-refractivity contribution in [3.8, 4) is 0 Å². The zero-order valence-corrected chi connectivity index (χ0v) is 19.4. The van der Waals surface area contributed by atoms with E-state index in [1.807, 2.05) is 60.7 Å². The molecule has 0 aliphatic carbocycles. The molecule has 1 atom stereocenters. The van der Waals surface area contributed by atoms with E-state index in [0.29, 0.717) is 39.1 Å². The van der Waals surface area contributed by atoms with Gasteiger partial charge in [0.05, 0.1) is 11.7 Å². The first-order valence-electron chi connectivity index (χ1n) is 11.3. The lowest BCUT2D eigenvalue weighted by molar-refractivity contribution is -0.126. The van der Waals surface area contributed by atoms with Crippen molar-refractivity contribution in [2.75, 3.05) is 54.8 Å². The fourth-order valence-corrected chi connectivity index (χ4v) is 5.83. The largest absolute Gasteiger partial charge is 0.369 e. The summed E-state index contributed by atoms with van der Waals surface area (Å²) in [5.41, 5.74) is 1.89. The molecule has 33 heavy (non-hydrogen) atoms. The Balaban J connectivity index is 1.19. The maximum Gasteiger partial charge on any atom is 0.227 e. The Kier molecular flexibility index (Phi) is 7.29. The minimum absolute atomic E-state index is 0.00163. The van der Waals surface area contributed by atoms with Crippen LogP contribution in [0, 0.1) is 5.92 Å². The monoisotopic (exact) mass is 470 g/mol. The van der Waals surface area contributed by atoms with Crippen molar-refractivity contribution in [1.29, 1.82) is 0 Å². The lowest BCUT2D eigenvalue weighted by atomic mass is 10.1. The number of hydrogen-bond donors (Lipinski definition) is 1. The SMILES string of the molecule is O=C(NCCCS(=O)(=O)N1CCN(c2ccccc2)CC1)C1CC(=O)N(c2ccccc2)C1. The van der Waals surface area contributed by atoms with Gasteiger partial charge < -0.3 is 15.1 Å². The summed E-state index contributed by atoms with van der Waals surface area (Å²) in [6.45, 7) is 2.87. The molecule has 2 saturated heterocycles. The summed E-state index contributed by atoms with van der Waals surface area (Å²) < 4.78 is 27.0. The zero-order chi connectivity index (χ0) is 23.3. The summed E-state index contributed by atoms with van der Waals surface area (Å²) in [7, 11) is -3.37. The Morgan fingerprint density at radius 1 is 0.909 bits per heavy atom. The maximum absolute atomic E-state index is 12.7. The number of amides is 2. The van der Waals surface area contributed by atoms with E-state index < -0.39 is 15.9 Å². The highest BCUT2D eigenvalue weighted by molar-refractivity contribution is 7.89. The number of nitrogens with zero attached hydrogens (tertiary/aromatic N) is 3. The number of piperazine rings is 1. The molecule has 8 nitrogen and oxygen atoms in total. The minimum atomic E-state index is -3.37. The molecule has 0 spiro atoms. The van der Waals surface area contributed by atoms with Gasteiger partial charge in [-0.2, -0.15) is 4.31 Å². The lowest BCUT2D eigenvalue weighted by Gasteiger charge is -2.35. The van der Waals surface area contributed by atoms with E-state index in [-0.39, 0.29) is 30.5 Å². The Hall–Kier alpha value is -2.91. The van der Waals surface area contributed by atoms with Crippen LogP contribution < -0.4 is 15.1 Å². The van der Waals surface area contributed by atoms with Crippen molar-refractivity contribution in [2.45, 2.75) is 12.8 Å². The lowest BCUT2D eigenvalue weighted by Crippen LogP contribution is -2.49. The van der Waals surface area contributed by atoms with Gasteiger partial charge in [0.25, 0.3) is 0 Å². The third-order valence-corrected chi connectivity index (χ3v) is 8.15. The predicted molar refractivity (Wildman–Crippen MR) is 129 cm³/mol. The van der Waals surface area contributed by atoms with Crippen LogP contribution in [0.2, 0.25) is 0 Å². The van der Waals surface area contributed by atoms with E-state index in [0.717, 1.165) is 11.4 Å². The van der Waals surface area contributed by atoms with Crippen LogP contribution >= 0.6 is 0 Å². The third kappa shape index (κ3) is 5.72. The average molecular weight is 471 g/mol. The van der Waals surface area contributed by atoms with Crippen LogP contribution in [-0.2, 0) is 19.6 Å². The first-order chi connectivity index (χ1) is 15.9. The Morgan fingerprint density at radius 3 is 2.15 bits per heavy atom. The predicted octanol–water partition coefficient (Wildman–Crippen LogP) is 1.70. The number of rotatable bonds is 8. The minimum Gasteiger partial charge on any atom is -0.369 e. The number of carbonyl (C=O) groups is 2. The highest BCUT2D eigenvalue weighted by atomic mass is 32.2. The van der Waals surface area contributed by atoms with Crippen LogP contribution in [-0.4, -0.2) is 69.6 Å². The molecule has 2 aliphatic rings. The molecule has 0 saturated carbocycles. The van der Waals surface area contributed by atoms with Gasteiger partial charge in [0.1, 0.15) is 0 Å². The Labute approximate surface area is 195 Å². The molecule has 1 unspecified atom stereocenters. The summed E-state index contributed by atoms with van der Waals surface area (Å²) in [6.07, 6.45) is 0.515. The highest BCUT2D eigenvalue weighted by Crippen LogP contribution is 2.25. The van der Waals surface area contributed by atoms with E-state index in [2.05, 4.69) is 10.2 Å². The second-order valence-electron chi connectivity index (χ2n) is 8.42. The molecule has 2 fully saturated rings. The van der Waals surface area contributed by atoms with Gasteiger partial charge >= 0.3 is 0 Å². The molecule has 0 aromatic heterocycles. The Bertz CT molecular complexity index is 1050. The van der Waals surface area contributed by atoms with E-state index in [1.165, 1.54) is 0 Å². The Morgan fingerprint density at radius 2 is 1.52 bits per heavy atom. The molecule has 2 aromatic carbocycles. The van der Waals surface area contributed by atoms with E-state index in [9.17, 15) is 18.0 Å². The average Bonchev–Trinajstić information content (AvgIpc) is 3.24. The van der Waals surface area contributed by atoms with Gasteiger partial charge in [-0.3, -0.25) is 9.59 Å². The number of sulfonamides is 1. The van der Waals surface area contributed by atoms with Gasteiger partial charge in [-0.25, -0.2) is 8.42 Å². The number of hydrogen-bond acceptors (Lipinski definition) is 5. The summed E-state index contributed by atoms with van der Waals surface area (Å²) >= 11 is 0. The van der Waals surface area contributed by atoms with Crippen molar-refractivity contribution >= 4 is 33.2 Å². The van der Waals surface area contributed by atoms with Crippen molar-refractivity contribution in [3.05, 3.63) is 60.7 Å². The van der Waals surface area contributed by atoms with Crippen LogP contribution in [0.5, 0.6) is 0 Å². The third-order valence-electron chi connectivity index (χ3n) is 6.20. The fraction of sp³-hybridized carbons (Fsp3) is 0.417. The molecular formula is C24H30N4O4S. The van der Waals surface area contributed by atoms with Gasteiger partial charge in [0, 0.05) is 57.1 Å². The summed E-state index contributed by atoms with van der Waals surface area (Å²) in [6, 6.07) is 19.3. The van der Waals surface area contributed by atoms with Gasteiger partial charge in [-0.15, -0.1) is 0 Å². The normalized spacial score (nSPS) is 19.6. The van der Waals surface area contributed by atoms with Crippen LogP contribution in [0.4, 0.5) is 11.4 Å². The van der Waals surface area contributed by atoms with Gasteiger partial charge in [-0.1, -0.05) is 36.4 Å². The second kappa shape index (κ2) is 10.4. The smallest absolute Gasteiger partial charge is 0.227 e.